The first-order valence-electron chi connectivity index (χ1n) is 5.99. The Bertz CT molecular complexity index is 528. The number of amides is 1. The first-order valence-corrected chi connectivity index (χ1v) is 5.99. The van der Waals surface area contributed by atoms with Crippen LogP contribution in [0.3, 0.4) is 0 Å². The first-order chi connectivity index (χ1) is 8.66. The van der Waals surface area contributed by atoms with Crippen LogP contribution in [-0.2, 0) is 6.42 Å². The zero-order valence-electron chi connectivity index (χ0n) is 10.6. The van der Waals surface area contributed by atoms with Crippen LogP contribution in [0.15, 0.2) is 22.9 Å². The number of carbonyl (C=O) groups excluding carboxylic acids is 1. The third-order valence-electron chi connectivity index (χ3n) is 2.84. The third kappa shape index (κ3) is 3.00. The quantitative estimate of drug-likeness (QED) is 0.794. The zero-order chi connectivity index (χ0) is 13.0. The van der Waals surface area contributed by atoms with Crippen LogP contribution in [0.5, 0.6) is 0 Å². The molecule has 0 aliphatic rings. The van der Waals surface area contributed by atoms with Crippen molar-refractivity contribution >= 4 is 5.91 Å². The van der Waals surface area contributed by atoms with Crippen LogP contribution < -0.4 is 5.32 Å². The molecular weight excluding hydrogens is 230 g/mol. The van der Waals surface area contributed by atoms with Gasteiger partial charge in [-0.3, -0.25) is 9.89 Å². The normalized spacial score (nSPS) is 10.6. The topological polar surface area (TPSA) is 70.9 Å². The minimum atomic E-state index is -0.0873. The van der Waals surface area contributed by atoms with Crippen molar-refractivity contribution in [2.75, 3.05) is 6.54 Å². The summed E-state index contributed by atoms with van der Waals surface area (Å²) in [5.74, 6) is 0.657. The minimum absolute atomic E-state index is 0.0873. The van der Waals surface area contributed by atoms with Crippen molar-refractivity contribution in [3.63, 3.8) is 0 Å². The monoisotopic (exact) mass is 247 g/mol. The summed E-state index contributed by atoms with van der Waals surface area (Å²) in [6.45, 7) is 4.46. The molecule has 96 valence electrons. The molecule has 2 heterocycles. The maximum Gasteiger partial charge on any atom is 0.254 e. The SMILES string of the molecule is Cc1cc(C(=O)NCCCc2cn[nH]c2C)co1. The summed E-state index contributed by atoms with van der Waals surface area (Å²) in [5.41, 5.74) is 2.86. The van der Waals surface area contributed by atoms with Crippen molar-refractivity contribution in [3.05, 3.63) is 41.1 Å². The lowest BCUT2D eigenvalue weighted by atomic mass is 10.1. The Hall–Kier alpha value is -2.04. The fourth-order valence-electron chi connectivity index (χ4n) is 1.77. The first kappa shape index (κ1) is 12.4. The number of rotatable bonds is 5. The Labute approximate surface area is 106 Å². The van der Waals surface area contributed by atoms with Gasteiger partial charge < -0.3 is 9.73 Å². The van der Waals surface area contributed by atoms with E-state index in [1.807, 2.05) is 20.0 Å². The van der Waals surface area contributed by atoms with Crippen LogP contribution >= 0.6 is 0 Å². The summed E-state index contributed by atoms with van der Waals surface area (Å²) in [4.78, 5) is 11.7. The van der Waals surface area contributed by atoms with E-state index in [4.69, 9.17) is 4.42 Å². The van der Waals surface area contributed by atoms with Gasteiger partial charge in [0, 0.05) is 12.2 Å². The van der Waals surface area contributed by atoms with E-state index in [9.17, 15) is 4.79 Å². The molecule has 0 fully saturated rings. The van der Waals surface area contributed by atoms with Crippen LogP contribution in [0.2, 0.25) is 0 Å². The number of nitrogens with one attached hydrogen (secondary N) is 2. The van der Waals surface area contributed by atoms with E-state index >= 15 is 0 Å². The van der Waals surface area contributed by atoms with Crippen LogP contribution in [0, 0.1) is 13.8 Å². The van der Waals surface area contributed by atoms with E-state index in [1.54, 1.807) is 6.07 Å². The molecule has 2 aromatic rings. The van der Waals surface area contributed by atoms with Gasteiger partial charge in [-0.05, 0) is 38.3 Å². The van der Waals surface area contributed by atoms with E-state index in [1.165, 1.54) is 11.8 Å². The van der Waals surface area contributed by atoms with Gasteiger partial charge in [-0.15, -0.1) is 0 Å². The number of hydrogen-bond donors (Lipinski definition) is 2. The highest BCUT2D eigenvalue weighted by molar-refractivity contribution is 5.93. The lowest BCUT2D eigenvalue weighted by Gasteiger charge is -2.02. The van der Waals surface area contributed by atoms with E-state index < -0.39 is 0 Å². The van der Waals surface area contributed by atoms with Crippen molar-refractivity contribution in [1.29, 1.82) is 0 Å². The zero-order valence-corrected chi connectivity index (χ0v) is 10.6. The molecule has 5 heteroatoms. The van der Waals surface area contributed by atoms with Gasteiger partial charge >= 0.3 is 0 Å². The second-order valence-electron chi connectivity index (χ2n) is 4.33. The number of carbonyl (C=O) groups is 1. The number of hydrogen-bond acceptors (Lipinski definition) is 3. The number of H-pyrrole nitrogens is 1. The molecule has 0 bridgehead atoms. The number of nitrogens with zero attached hydrogens (tertiary/aromatic N) is 1. The summed E-state index contributed by atoms with van der Waals surface area (Å²) in [6, 6.07) is 1.73. The highest BCUT2D eigenvalue weighted by Gasteiger charge is 2.07. The van der Waals surface area contributed by atoms with Gasteiger partial charge in [-0.25, -0.2) is 0 Å². The van der Waals surface area contributed by atoms with Crippen LogP contribution in [0.4, 0.5) is 0 Å². The summed E-state index contributed by atoms with van der Waals surface area (Å²) in [6.07, 6.45) is 5.11. The molecule has 0 spiro atoms. The lowest BCUT2D eigenvalue weighted by molar-refractivity contribution is 0.0952. The summed E-state index contributed by atoms with van der Waals surface area (Å²) >= 11 is 0. The number of aromatic amines is 1. The van der Waals surface area contributed by atoms with Gasteiger partial charge in [0.1, 0.15) is 12.0 Å². The minimum Gasteiger partial charge on any atom is -0.469 e. The van der Waals surface area contributed by atoms with Crippen molar-refractivity contribution < 1.29 is 9.21 Å². The van der Waals surface area contributed by atoms with Crippen molar-refractivity contribution in [3.8, 4) is 0 Å². The molecule has 0 saturated carbocycles. The fourth-order valence-corrected chi connectivity index (χ4v) is 1.77. The molecule has 0 radical (unpaired) electrons. The standard InChI is InChI=1S/C13H17N3O2/c1-9-6-12(8-18-9)13(17)14-5-3-4-11-7-15-16-10(11)2/h6-8H,3-5H2,1-2H3,(H,14,17)(H,15,16). The smallest absolute Gasteiger partial charge is 0.254 e. The van der Waals surface area contributed by atoms with Gasteiger partial charge in [-0.1, -0.05) is 0 Å². The molecule has 18 heavy (non-hydrogen) atoms. The highest BCUT2D eigenvalue weighted by Crippen LogP contribution is 2.07. The maximum atomic E-state index is 11.7. The molecule has 5 nitrogen and oxygen atoms in total. The molecule has 2 aromatic heterocycles. The van der Waals surface area contributed by atoms with Crippen molar-refractivity contribution in [2.45, 2.75) is 26.7 Å². The lowest BCUT2D eigenvalue weighted by Crippen LogP contribution is -2.24. The fraction of sp³-hybridized carbons (Fsp3) is 0.385. The molecule has 0 atom stereocenters. The van der Waals surface area contributed by atoms with Gasteiger partial charge in [0.05, 0.1) is 11.8 Å². The second-order valence-corrected chi connectivity index (χ2v) is 4.33. The van der Waals surface area contributed by atoms with E-state index in [0.29, 0.717) is 12.1 Å². The van der Waals surface area contributed by atoms with Gasteiger partial charge in [0.15, 0.2) is 0 Å². The van der Waals surface area contributed by atoms with E-state index in [-0.39, 0.29) is 5.91 Å². The second kappa shape index (κ2) is 5.53. The van der Waals surface area contributed by atoms with E-state index in [0.717, 1.165) is 24.3 Å². The summed E-state index contributed by atoms with van der Waals surface area (Å²) in [5, 5.41) is 9.72. The molecular formula is C13H17N3O2. The van der Waals surface area contributed by atoms with E-state index in [2.05, 4.69) is 15.5 Å². The predicted molar refractivity (Wildman–Crippen MR) is 67.4 cm³/mol. The molecule has 0 aliphatic carbocycles. The Morgan fingerprint density at radius 3 is 2.94 bits per heavy atom. The van der Waals surface area contributed by atoms with Gasteiger partial charge in [-0.2, -0.15) is 5.10 Å². The maximum absolute atomic E-state index is 11.7. The van der Waals surface area contributed by atoms with Crippen LogP contribution in [0.25, 0.3) is 0 Å². The summed E-state index contributed by atoms with van der Waals surface area (Å²) in [7, 11) is 0. The number of aromatic nitrogens is 2. The highest BCUT2D eigenvalue weighted by atomic mass is 16.3. The van der Waals surface area contributed by atoms with Crippen molar-refractivity contribution in [1.82, 2.24) is 15.5 Å². The Balaban J connectivity index is 1.73. The van der Waals surface area contributed by atoms with Crippen LogP contribution in [0.1, 0.15) is 33.8 Å². The molecule has 2 rings (SSSR count). The Morgan fingerprint density at radius 2 is 2.33 bits per heavy atom. The van der Waals surface area contributed by atoms with Crippen LogP contribution in [-0.4, -0.2) is 22.6 Å². The Morgan fingerprint density at radius 1 is 1.50 bits per heavy atom. The molecule has 0 aromatic carbocycles. The molecule has 2 N–H and O–H groups in total. The molecule has 0 saturated heterocycles. The Kier molecular flexibility index (Phi) is 3.82. The molecule has 0 aliphatic heterocycles. The average Bonchev–Trinajstić information content (AvgIpc) is 2.94. The third-order valence-corrected chi connectivity index (χ3v) is 2.84. The predicted octanol–water partition coefficient (Wildman–Crippen LogP) is 1.98. The van der Waals surface area contributed by atoms with Crippen molar-refractivity contribution in [2.24, 2.45) is 0 Å². The number of furan rings is 1. The summed E-state index contributed by atoms with van der Waals surface area (Å²) < 4.78 is 5.09. The van der Waals surface area contributed by atoms with Gasteiger partial charge in [0.2, 0.25) is 0 Å². The van der Waals surface area contributed by atoms with Gasteiger partial charge in [0.25, 0.3) is 5.91 Å². The average molecular weight is 247 g/mol. The number of aryl methyl sites for hydroxylation is 3. The molecule has 0 unspecified atom stereocenters. The molecule has 1 amide bonds. The largest absolute Gasteiger partial charge is 0.469 e.